The third-order valence-corrected chi connectivity index (χ3v) is 3.95. The number of halogens is 2. The molecule has 0 fully saturated rings. The summed E-state index contributed by atoms with van der Waals surface area (Å²) in [6.07, 6.45) is 2.44. The Morgan fingerprint density at radius 1 is 1.15 bits per heavy atom. The van der Waals surface area contributed by atoms with Crippen molar-refractivity contribution in [3.63, 3.8) is 0 Å². The zero-order chi connectivity index (χ0) is 19.1. The normalized spacial score (nSPS) is 10.6. The number of aryl methyl sites for hydroxylation is 2. The molecule has 2 N–H and O–H groups in total. The van der Waals surface area contributed by atoms with Gasteiger partial charge in [-0.25, -0.2) is 4.39 Å². The third kappa shape index (κ3) is 5.70. The second-order valence-electron chi connectivity index (χ2n) is 5.55. The van der Waals surface area contributed by atoms with E-state index >= 15 is 0 Å². The van der Waals surface area contributed by atoms with Crippen molar-refractivity contribution in [2.45, 2.75) is 13.8 Å². The van der Waals surface area contributed by atoms with Gasteiger partial charge < -0.3 is 4.74 Å². The SMILES string of the molecule is Cc1cccc(C)c1OCC(=O)NNC(=O)/C=C/c1cc(Br)ccc1F. The summed E-state index contributed by atoms with van der Waals surface area (Å²) in [6, 6.07) is 10.0. The van der Waals surface area contributed by atoms with Crippen molar-refractivity contribution >= 4 is 33.8 Å². The number of benzene rings is 2. The average Bonchev–Trinajstić information content (AvgIpc) is 2.60. The van der Waals surface area contributed by atoms with Gasteiger partial charge in [-0.05, 0) is 49.2 Å². The van der Waals surface area contributed by atoms with Crippen molar-refractivity contribution in [2.75, 3.05) is 6.61 Å². The average molecular weight is 421 g/mol. The fourth-order valence-corrected chi connectivity index (χ4v) is 2.56. The first-order valence-electron chi connectivity index (χ1n) is 7.78. The van der Waals surface area contributed by atoms with Gasteiger partial charge in [0.2, 0.25) is 0 Å². The number of amides is 2. The number of para-hydroxylation sites is 1. The molecule has 0 aliphatic heterocycles. The molecule has 0 heterocycles. The highest BCUT2D eigenvalue weighted by Gasteiger charge is 2.08. The standard InChI is InChI=1S/C19H18BrFN2O3/c1-12-4-3-5-13(2)19(12)26-11-18(25)23-22-17(24)9-6-14-10-15(20)7-8-16(14)21/h3-10H,11H2,1-2H3,(H,22,24)(H,23,25)/b9-6+. The van der Waals surface area contributed by atoms with E-state index in [1.165, 1.54) is 18.2 Å². The van der Waals surface area contributed by atoms with Crippen molar-refractivity contribution < 1.29 is 18.7 Å². The van der Waals surface area contributed by atoms with Crippen LogP contribution < -0.4 is 15.6 Å². The van der Waals surface area contributed by atoms with Crippen molar-refractivity contribution in [1.82, 2.24) is 10.9 Å². The van der Waals surface area contributed by atoms with Gasteiger partial charge in [0.05, 0.1) is 0 Å². The lowest BCUT2D eigenvalue weighted by Crippen LogP contribution is -2.43. The Hall–Kier alpha value is -2.67. The van der Waals surface area contributed by atoms with Gasteiger partial charge in [0.1, 0.15) is 11.6 Å². The van der Waals surface area contributed by atoms with Crippen LogP contribution in [-0.4, -0.2) is 18.4 Å². The van der Waals surface area contributed by atoms with Crippen LogP contribution in [0.2, 0.25) is 0 Å². The number of hydrogen-bond acceptors (Lipinski definition) is 3. The van der Waals surface area contributed by atoms with E-state index in [-0.39, 0.29) is 12.2 Å². The molecule has 0 aliphatic carbocycles. The van der Waals surface area contributed by atoms with Gasteiger partial charge in [-0.2, -0.15) is 0 Å². The Labute approximate surface area is 159 Å². The highest BCUT2D eigenvalue weighted by Crippen LogP contribution is 2.22. The molecule has 0 atom stereocenters. The first-order valence-corrected chi connectivity index (χ1v) is 8.57. The summed E-state index contributed by atoms with van der Waals surface area (Å²) in [4.78, 5) is 23.5. The molecule has 2 amide bonds. The predicted molar refractivity (Wildman–Crippen MR) is 101 cm³/mol. The maximum atomic E-state index is 13.6. The van der Waals surface area contributed by atoms with Gasteiger partial charge in [-0.15, -0.1) is 0 Å². The molecule has 0 aromatic heterocycles. The van der Waals surface area contributed by atoms with E-state index in [2.05, 4.69) is 26.8 Å². The molecule has 0 saturated carbocycles. The van der Waals surface area contributed by atoms with Crippen LogP contribution in [0.4, 0.5) is 4.39 Å². The zero-order valence-electron chi connectivity index (χ0n) is 14.3. The van der Waals surface area contributed by atoms with E-state index in [0.29, 0.717) is 10.2 Å². The Kier molecular flexibility index (Phi) is 6.91. The molecule has 26 heavy (non-hydrogen) atoms. The van der Waals surface area contributed by atoms with Crippen LogP contribution in [0.25, 0.3) is 6.08 Å². The summed E-state index contributed by atoms with van der Waals surface area (Å²) in [5, 5.41) is 0. The van der Waals surface area contributed by atoms with Crippen molar-refractivity contribution in [3.05, 3.63) is 69.5 Å². The van der Waals surface area contributed by atoms with Crippen LogP contribution in [0.15, 0.2) is 46.9 Å². The number of hydrogen-bond donors (Lipinski definition) is 2. The summed E-state index contributed by atoms with van der Waals surface area (Å²) >= 11 is 3.23. The topological polar surface area (TPSA) is 67.4 Å². The highest BCUT2D eigenvalue weighted by atomic mass is 79.9. The van der Waals surface area contributed by atoms with Crippen LogP contribution in [0, 0.1) is 19.7 Å². The largest absolute Gasteiger partial charge is 0.483 e. The summed E-state index contributed by atoms with van der Waals surface area (Å²) in [5.74, 6) is -0.921. The number of carbonyl (C=O) groups is 2. The van der Waals surface area contributed by atoms with E-state index < -0.39 is 17.6 Å². The first-order chi connectivity index (χ1) is 12.4. The number of nitrogens with one attached hydrogen (secondary N) is 2. The minimum Gasteiger partial charge on any atom is -0.483 e. The molecule has 0 saturated heterocycles. The van der Waals surface area contributed by atoms with Crippen LogP contribution in [0.5, 0.6) is 5.75 Å². The van der Waals surface area contributed by atoms with Gasteiger partial charge >= 0.3 is 0 Å². The van der Waals surface area contributed by atoms with E-state index in [9.17, 15) is 14.0 Å². The second-order valence-corrected chi connectivity index (χ2v) is 6.46. The fraction of sp³-hybridized carbons (Fsp3) is 0.158. The maximum Gasteiger partial charge on any atom is 0.276 e. The third-order valence-electron chi connectivity index (χ3n) is 3.45. The van der Waals surface area contributed by atoms with Crippen molar-refractivity contribution in [3.8, 4) is 5.75 Å². The van der Waals surface area contributed by atoms with E-state index in [0.717, 1.165) is 17.2 Å². The van der Waals surface area contributed by atoms with Gasteiger partial charge in [0.15, 0.2) is 6.61 Å². The number of carbonyl (C=O) groups excluding carboxylic acids is 2. The predicted octanol–water partition coefficient (Wildman–Crippen LogP) is 3.44. The Bertz CT molecular complexity index is 832. The minimum atomic E-state index is -0.593. The molecule has 2 aromatic rings. The molecule has 0 aliphatic rings. The molecular formula is C19H18BrFN2O3. The molecule has 0 unspecified atom stereocenters. The van der Waals surface area contributed by atoms with Crippen molar-refractivity contribution in [1.29, 1.82) is 0 Å². The second kappa shape index (κ2) is 9.15. The van der Waals surface area contributed by atoms with Crippen molar-refractivity contribution in [2.24, 2.45) is 0 Å². The molecule has 136 valence electrons. The molecular weight excluding hydrogens is 403 g/mol. The van der Waals surface area contributed by atoms with Crippen LogP contribution in [0.3, 0.4) is 0 Å². The summed E-state index contributed by atoms with van der Waals surface area (Å²) < 4.78 is 19.7. The maximum absolute atomic E-state index is 13.6. The lowest BCUT2D eigenvalue weighted by molar-refractivity contribution is -0.128. The highest BCUT2D eigenvalue weighted by molar-refractivity contribution is 9.10. The number of hydrazine groups is 1. The molecule has 7 heteroatoms. The van der Waals surface area contributed by atoms with Gasteiger partial charge in [-0.3, -0.25) is 20.4 Å². The molecule has 0 bridgehead atoms. The Morgan fingerprint density at radius 2 is 1.85 bits per heavy atom. The first kappa shape index (κ1) is 19.7. The summed E-state index contributed by atoms with van der Waals surface area (Å²) in [7, 11) is 0. The molecule has 5 nitrogen and oxygen atoms in total. The number of rotatable bonds is 5. The van der Waals surface area contributed by atoms with Crippen LogP contribution in [0.1, 0.15) is 16.7 Å². The smallest absolute Gasteiger partial charge is 0.276 e. The Morgan fingerprint density at radius 3 is 2.54 bits per heavy atom. The van der Waals surface area contributed by atoms with Gasteiger partial charge in [-0.1, -0.05) is 34.1 Å². The monoisotopic (exact) mass is 420 g/mol. The lowest BCUT2D eigenvalue weighted by Gasteiger charge is -2.11. The van der Waals surface area contributed by atoms with E-state index in [4.69, 9.17) is 4.74 Å². The zero-order valence-corrected chi connectivity index (χ0v) is 15.9. The number of ether oxygens (including phenoxy) is 1. The summed E-state index contributed by atoms with van der Waals surface area (Å²) in [6.45, 7) is 3.53. The van der Waals surface area contributed by atoms with E-state index in [1.807, 2.05) is 32.0 Å². The Balaban J connectivity index is 1.82. The quantitative estimate of drug-likeness (QED) is 0.574. The van der Waals surface area contributed by atoms with Gasteiger partial charge in [0, 0.05) is 16.1 Å². The summed E-state index contributed by atoms with van der Waals surface area (Å²) in [5.41, 5.74) is 6.53. The van der Waals surface area contributed by atoms with Crippen LogP contribution >= 0.6 is 15.9 Å². The van der Waals surface area contributed by atoms with Crippen LogP contribution in [-0.2, 0) is 9.59 Å². The van der Waals surface area contributed by atoms with Gasteiger partial charge in [0.25, 0.3) is 11.8 Å². The van der Waals surface area contributed by atoms with E-state index in [1.54, 1.807) is 6.07 Å². The minimum absolute atomic E-state index is 0.240. The molecule has 0 radical (unpaired) electrons. The lowest BCUT2D eigenvalue weighted by atomic mass is 10.1. The molecule has 2 rings (SSSR count). The molecule has 2 aromatic carbocycles. The molecule has 0 spiro atoms. The fourth-order valence-electron chi connectivity index (χ4n) is 2.18.